The molecule has 0 aliphatic heterocycles. The molecule has 70 heavy (non-hydrogen) atoms. The minimum absolute atomic E-state index is 0. The molecule has 0 aliphatic rings. The van der Waals surface area contributed by atoms with E-state index in [4.69, 9.17) is 0 Å². The first kappa shape index (κ1) is 1210. The molecule has 0 fully saturated rings. The first-order valence-corrected chi connectivity index (χ1v) is 0. The van der Waals surface area contributed by atoms with Gasteiger partial charge in [0.05, 0.1) is 0 Å². The number of halogens is 60. The summed E-state index contributed by atoms with van der Waals surface area (Å²) in [6, 6.07) is 0. The van der Waals surface area contributed by atoms with Crippen LogP contribution < -0.4 is 420 Å². The monoisotopic (exact) mass is 2380 g/mol. The number of rotatable bonds is 0. The van der Waals surface area contributed by atoms with E-state index in [0.29, 0.717) is 0 Å². The summed E-state index contributed by atoms with van der Waals surface area (Å²) in [7, 11) is 0. The Hall–Kier alpha value is 27.4. The summed E-state index contributed by atoms with van der Waals surface area (Å²) in [5.41, 5.74) is 0. The molecule has 0 saturated carbocycles. The van der Waals surface area contributed by atoms with Gasteiger partial charge < -0.3 is 124 Å². The Kier molecular flexibility index (Phi) is 20100. The van der Waals surface area contributed by atoms with Gasteiger partial charge in [-0.1, -0.05) is 0 Å². The van der Waals surface area contributed by atoms with Crippen molar-refractivity contribution in [3.05, 3.63) is 0 Å². The maximum atomic E-state index is 0. The summed E-state index contributed by atoms with van der Waals surface area (Å²) in [5, 5.41) is 0. The molecule has 0 aromatic heterocycles. The Labute approximate surface area is 1010 Å². The predicted octanol–water partition coefficient (Wildman–Crippen LogP) is -38.8. The molecular weight excluding hydrogens is 2360 g/mol. The van der Waals surface area contributed by atoms with E-state index < -0.39 is 0 Å². The molecular formula is H50Cl60Na10. The average molecular weight is 2410 g/mol. The van der Waals surface area contributed by atoms with Crippen molar-refractivity contribution in [3.63, 3.8) is 0 Å². The summed E-state index contributed by atoms with van der Waals surface area (Å²) in [4.78, 5) is 0. The van der Waals surface area contributed by atoms with Crippen molar-refractivity contribution in [1.29, 1.82) is 0 Å². The van der Waals surface area contributed by atoms with Crippen molar-refractivity contribution < 1.29 is 420 Å². The first-order chi connectivity index (χ1) is 0. The summed E-state index contributed by atoms with van der Waals surface area (Å²) < 4.78 is 0. The fourth-order valence-electron chi connectivity index (χ4n) is 0. The standard InChI is InChI=1S/60ClH.10Na/h60*1H;;;;;;;;;;/q;;;;;;;;;;;;;;;;;;;;;;;;;;;;;;;;;;;;;;;;;;;;;;;;;;;;;;;;;;;;10*+1/p-10. The van der Waals surface area contributed by atoms with E-state index in [1.807, 2.05) is 0 Å². The van der Waals surface area contributed by atoms with Gasteiger partial charge in [-0.2, -0.15) is 0 Å². The van der Waals surface area contributed by atoms with Gasteiger partial charge in [-0.15, -0.1) is 620 Å². The normalized spacial score (nSPS) is 0. The van der Waals surface area contributed by atoms with Crippen molar-refractivity contribution in [2.75, 3.05) is 0 Å². The summed E-state index contributed by atoms with van der Waals surface area (Å²) >= 11 is 0. The summed E-state index contributed by atoms with van der Waals surface area (Å²) in [5.74, 6) is 0. The van der Waals surface area contributed by atoms with Gasteiger partial charge in [0, 0.05) is 0 Å². The summed E-state index contributed by atoms with van der Waals surface area (Å²) in [6.07, 6.45) is 0. The zero-order valence-corrected chi connectivity index (χ0v) is 103. The fourth-order valence-corrected chi connectivity index (χ4v) is 0. The van der Waals surface area contributed by atoms with E-state index in [1.165, 1.54) is 0 Å². The van der Waals surface area contributed by atoms with Crippen molar-refractivity contribution in [2.24, 2.45) is 0 Å². The van der Waals surface area contributed by atoms with Crippen LogP contribution in [-0.2, 0) is 0 Å². The Morgan fingerprint density at radius 3 is 0.0429 bits per heavy atom. The molecule has 0 rings (SSSR count). The van der Waals surface area contributed by atoms with Crippen LogP contribution in [0.5, 0.6) is 0 Å². The Morgan fingerprint density at radius 2 is 0.0429 bits per heavy atom. The molecule has 0 amide bonds. The molecule has 0 aromatic rings. The maximum Gasteiger partial charge on any atom is 1.00 e. The average Bonchev–Trinajstić information content (AvgIpc) is 0. The molecule has 0 aromatic carbocycles. The van der Waals surface area contributed by atoms with Crippen LogP contribution in [-0.4, -0.2) is 0 Å². The Balaban J connectivity index is 0. The van der Waals surface area contributed by atoms with Crippen molar-refractivity contribution in [3.8, 4) is 0 Å². The van der Waals surface area contributed by atoms with Gasteiger partial charge in [-0.3, -0.25) is 0 Å². The molecule has 0 atom stereocenters. The van der Waals surface area contributed by atoms with Crippen LogP contribution in [0.15, 0.2) is 0 Å². The molecule has 0 unspecified atom stereocenters. The third kappa shape index (κ3) is 1130. The third-order valence-corrected chi connectivity index (χ3v) is 0. The fraction of sp³-hybridized carbons (Fsp3) is 0. The van der Waals surface area contributed by atoms with Crippen LogP contribution in [0.25, 0.3) is 0 Å². The molecule has 0 bridgehead atoms. The van der Waals surface area contributed by atoms with E-state index in [2.05, 4.69) is 0 Å². The van der Waals surface area contributed by atoms with Crippen LogP contribution in [0, 0.1) is 0 Å². The van der Waals surface area contributed by atoms with Gasteiger partial charge in [0.15, 0.2) is 0 Å². The molecule has 480 valence electrons. The van der Waals surface area contributed by atoms with Crippen molar-refractivity contribution >= 4 is 620 Å². The second-order valence-corrected chi connectivity index (χ2v) is 0. The van der Waals surface area contributed by atoms with Crippen LogP contribution in [0.4, 0.5) is 0 Å². The van der Waals surface area contributed by atoms with Gasteiger partial charge in [0.2, 0.25) is 0 Å². The SMILES string of the molecule is Cl.Cl.Cl.Cl.Cl.Cl.Cl.Cl.Cl.Cl.Cl.Cl.Cl.Cl.Cl.Cl.Cl.Cl.Cl.Cl.Cl.Cl.Cl.Cl.Cl.Cl.Cl.Cl.Cl.Cl.Cl.Cl.Cl.Cl.Cl.Cl.Cl.Cl.Cl.Cl.Cl.Cl.Cl.Cl.Cl.Cl.Cl.Cl.Cl.Cl.[Cl-].[Cl-].[Cl-].[Cl-].[Cl-].[Cl-].[Cl-].[Cl-].[Cl-].[Cl-].[Na+].[Na+].[Na+].[Na+].[Na+].[Na+].[Na+].[Na+].[Na+].[Na+]. The van der Waals surface area contributed by atoms with E-state index in [1.54, 1.807) is 0 Å². The van der Waals surface area contributed by atoms with Crippen molar-refractivity contribution in [1.82, 2.24) is 0 Å². The largest absolute Gasteiger partial charge is 1.00 e. The second-order valence-electron chi connectivity index (χ2n) is 0. The zero-order valence-electron chi connectivity index (χ0n) is 34.2. The van der Waals surface area contributed by atoms with E-state index in [0.717, 1.165) is 0 Å². The van der Waals surface area contributed by atoms with Crippen LogP contribution >= 0.6 is 620 Å². The van der Waals surface area contributed by atoms with Gasteiger partial charge in [0.25, 0.3) is 0 Å². The molecule has 0 heterocycles. The summed E-state index contributed by atoms with van der Waals surface area (Å²) in [6.45, 7) is 0. The van der Waals surface area contributed by atoms with Crippen LogP contribution in [0.2, 0.25) is 0 Å². The molecule has 0 spiro atoms. The van der Waals surface area contributed by atoms with Crippen LogP contribution in [0.1, 0.15) is 0 Å². The predicted molar refractivity (Wildman–Crippen MR) is 362 cm³/mol. The topological polar surface area (TPSA) is 0 Å². The minimum Gasteiger partial charge on any atom is -1.00 e. The molecule has 0 radical (unpaired) electrons. The van der Waals surface area contributed by atoms with Crippen molar-refractivity contribution in [2.45, 2.75) is 0 Å². The maximum absolute atomic E-state index is 0. The Bertz CT molecular complexity index is 41.4. The molecule has 0 N–H and O–H groups in total. The molecule has 0 aliphatic carbocycles. The van der Waals surface area contributed by atoms with E-state index in [9.17, 15) is 0 Å². The van der Waals surface area contributed by atoms with E-state index >= 15 is 0 Å². The van der Waals surface area contributed by atoms with Gasteiger partial charge in [-0.25, -0.2) is 0 Å². The van der Waals surface area contributed by atoms with E-state index in [-0.39, 0.29) is 1040 Å². The molecule has 0 nitrogen and oxygen atoms in total. The number of hydrogen-bond acceptors (Lipinski definition) is 0. The molecule has 70 heteroatoms. The molecule has 0 saturated heterocycles. The first-order valence-electron chi connectivity index (χ1n) is 0. The minimum atomic E-state index is 0. The number of hydrogen-bond donors (Lipinski definition) is 0. The zero-order chi connectivity index (χ0) is 0. The Morgan fingerprint density at radius 1 is 0.0429 bits per heavy atom. The smallest absolute Gasteiger partial charge is 1.00 e. The van der Waals surface area contributed by atoms with Crippen LogP contribution in [0.3, 0.4) is 0 Å². The quantitative estimate of drug-likeness (QED) is 0.212. The van der Waals surface area contributed by atoms with Gasteiger partial charge in [0.1, 0.15) is 0 Å². The van der Waals surface area contributed by atoms with Gasteiger partial charge >= 0.3 is 296 Å². The third-order valence-electron chi connectivity index (χ3n) is 0. The van der Waals surface area contributed by atoms with Gasteiger partial charge in [-0.05, 0) is 0 Å². The second kappa shape index (κ2) is 1170.